The fraction of sp³-hybridized carbons (Fsp3) is 0.222. The standard InChI is InChI=1S/C18H21N3O2/c1-12-10-13(2)16(14(3)11-12)19-17(18(22)23-4)21-20-15-8-6-5-7-9-15/h5-11,20H,1-4H3,(H,19,21). The number of amidine groups is 1. The molecule has 0 bridgehead atoms. The van der Waals surface area contributed by atoms with Crippen molar-refractivity contribution in [3.63, 3.8) is 0 Å². The Balaban J connectivity index is 2.30. The van der Waals surface area contributed by atoms with Crippen molar-refractivity contribution in [2.45, 2.75) is 20.8 Å². The lowest BCUT2D eigenvalue weighted by Crippen LogP contribution is -2.36. The molecule has 0 aliphatic rings. The van der Waals surface area contributed by atoms with Crippen molar-refractivity contribution in [3.05, 3.63) is 59.2 Å². The largest absolute Gasteiger partial charge is 0.463 e. The molecule has 0 heterocycles. The van der Waals surface area contributed by atoms with Crippen LogP contribution in [-0.4, -0.2) is 18.9 Å². The van der Waals surface area contributed by atoms with E-state index in [0.29, 0.717) is 0 Å². The van der Waals surface area contributed by atoms with Crippen LogP contribution in [0, 0.1) is 20.8 Å². The highest BCUT2D eigenvalue weighted by molar-refractivity contribution is 6.36. The van der Waals surface area contributed by atoms with Gasteiger partial charge in [0.15, 0.2) is 0 Å². The molecule has 120 valence electrons. The first kappa shape index (κ1) is 16.5. The Morgan fingerprint density at radius 2 is 1.65 bits per heavy atom. The highest BCUT2D eigenvalue weighted by atomic mass is 16.5. The topological polar surface area (TPSA) is 62.7 Å². The fourth-order valence-corrected chi connectivity index (χ4v) is 2.33. The number of hydrazine groups is 1. The summed E-state index contributed by atoms with van der Waals surface area (Å²) in [5.41, 5.74) is 10.5. The summed E-state index contributed by atoms with van der Waals surface area (Å²) in [7, 11) is 1.33. The SMILES string of the molecule is COC(=O)C(=Nc1c(C)cc(C)cc1C)NNc1ccccc1. The molecule has 0 amide bonds. The molecule has 0 spiro atoms. The number of nitrogens with zero attached hydrogens (tertiary/aromatic N) is 1. The number of anilines is 1. The second kappa shape index (κ2) is 7.45. The van der Waals surface area contributed by atoms with Crippen LogP contribution in [0.25, 0.3) is 0 Å². The predicted molar refractivity (Wildman–Crippen MR) is 93.0 cm³/mol. The van der Waals surface area contributed by atoms with Gasteiger partial charge in [-0.05, 0) is 44.0 Å². The number of hydrogen-bond donors (Lipinski definition) is 2. The predicted octanol–water partition coefficient (Wildman–Crippen LogP) is 3.43. The van der Waals surface area contributed by atoms with E-state index in [-0.39, 0.29) is 5.84 Å². The minimum absolute atomic E-state index is 0.103. The van der Waals surface area contributed by atoms with E-state index in [1.165, 1.54) is 7.11 Å². The molecule has 0 saturated carbocycles. The first-order valence-electron chi connectivity index (χ1n) is 7.33. The van der Waals surface area contributed by atoms with E-state index in [1.807, 2.05) is 63.2 Å². The number of rotatable bonds is 3. The van der Waals surface area contributed by atoms with Crippen LogP contribution in [-0.2, 0) is 9.53 Å². The summed E-state index contributed by atoms with van der Waals surface area (Å²) in [4.78, 5) is 16.4. The number of aliphatic imine (C=N–C) groups is 1. The quantitative estimate of drug-likeness (QED) is 0.394. The van der Waals surface area contributed by atoms with Crippen molar-refractivity contribution in [2.24, 2.45) is 4.99 Å². The normalized spacial score (nSPS) is 11.0. The molecule has 5 nitrogen and oxygen atoms in total. The van der Waals surface area contributed by atoms with Gasteiger partial charge < -0.3 is 4.74 Å². The summed E-state index contributed by atoms with van der Waals surface area (Å²) in [5, 5.41) is 0. The Morgan fingerprint density at radius 1 is 1.04 bits per heavy atom. The fourth-order valence-electron chi connectivity index (χ4n) is 2.33. The Labute approximate surface area is 136 Å². The van der Waals surface area contributed by atoms with Gasteiger partial charge in [-0.25, -0.2) is 9.79 Å². The van der Waals surface area contributed by atoms with Crippen LogP contribution in [0.5, 0.6) is 0 Å². The number of carbonyl (C=O) groups is 1. The summed E-state index contributed by atoms with van der Waals surface area (Å²) in [6.45, 7) is 5.97. The first-order valence-corrected chi connectivity index (χ1v) is 7.33. The van der Waals surface area contributed by atoms with E-state index in [9.17, 15) is 4.79 Å². The maximum Gasteiger partial charge on any atom is 0.375 e. The molecule has 2 rings (SSSR count). The highest BCUT2D eigenvalue weighted by Crippen LogP contribution is 2.25. The third kappa shape index (κ3) is 4.32. The number of benzene rings is 2. The average molecular weight is 311 g/mol. The molecular formula is C18H21N3O2. The van der Waals surface area contributed by atoms with Gasteiger partial charge in [0.05, 0.1) is 18.5 Å². The van der Waals surface area contributed by atoms with Crippen molar-refractivity contribution in [3.8, 4) is 0 Å². The molecule has 0 aromatic heterocycles. The minimum atomic E-state index is -0.534. The second-order valence-corrected chi connectivity index (χ2v) is 5.32. The third-order valence-corrected chi connectivity index (χ3v) is 3.34. The van der Waals surface area contributed by atoms with Gasteiger partial charge in [-0.2, -0.15) is 0 Å². The van der Waals surface area contributed by atoms with Crippen LogP contribution in [0.15, 0.2) is 47.5 Å². The molecule has 0 aliphatic carbocycles. The number of para-hydroxylation sites is 1. The van der Waals surface area contributed by atoms with Crippen molar-refractivity contribution in [1.82, 2.24) is 5.43 Å². The smallest absolute Gasteiger partial charge is 0.375 e. The zero-order chi connectivity index (χ0) is 16.8. The maximum absolute atomic E-state index is 12.0. The van der Waals surface area contributed by atoms with Gasteiger partial charge in [0.1, 0.15) is 0 Å². The number of hydrogen-bond acceptors (Lipinski definition) is 4. The van der Waals surface area contributed by atoms with E-state index in [2.05, 4.69) is 15.8 Å². The first-order chi connectivity index (χ1) is 11.0. The lowest BCUT2D eigenvalue weighted by atomic mass is 10.1. The summed E-state index contributed by atoms with van der Waals surface area (Å²) < 4.78 is 4.80. The van der Waals surface area contributed by atoms with E-state index < -0.39 is 5.97 Å². The molecule has 0 fully saturated rings. The average Bonchev–Trinajstić information content (AvgIpc) is 2.53. The zero-order valence-electron chi connectivity index (χ0n) is 13.8. The van der Waals surface area contributed by atoms with E-state index in [4.69, 9.17) is 4.74 Å². The van der Waals surface area contributed by atoms with Crippen LogP contribution in [0.2, 0.25) is 0 Å². The molecule has 0 aliphatic heterocycles. The monoisotopic (exact) mass is 311 g/mol. The molecule has 0 saturated heterocycles. The summed E-state index contributed by atoms with van der Waals surface area (Å²) in [6.07, 6.45) is 0. The Hall–Kier alpha value is -2.82. The lowest BCUT2D eigenvalue weighted by molar-refractivity contribution is -0.132. The van der Waals surface area contributed by atoms with Crippen LogP contribution in [0.1, 0.15) is 16.7 Å². The number of ether oxygens (including phenoxy) is 1. The Morgan fingerprint density at radius 3 is 2.22 bits per heavy atom. The van der Waals surface area contributed by atoms with Crippen LogP contribution in [0.4, 0.5) is 11.4 Å². The van der Waals surface area contributed by atoms with Gasteiger partial charge >= 0.3 is 5.97 Å². The summed E-state index contributed by atoms with van der Waals surface area (Å²) in [5.74, 6) is -0.431. The minimum Gasteiger partial charge on any atom is -0.463 e. The van der Waals surface area contributed by atoms with Gasteiger partial charge in [0.2, 0.25) is 5.84 Å². The molecule has 5 heteroatoms. The van der Waals surface area contributed by atoms with Gasteiger partial charge in [0.25, 0.3) is 0 Å². The number of aryl methyl sites for hydroxylation is 3. The van der Waals surface area contributed by atoms with Crippen molar-refractivity contribution >= 4 is 23.2 Å². The van der Waals surface area contributed by atoms with E-state index in [0.717, 1.165) is 28.1 Å². The number of carbonyl (C=O) groups excluding carboxylic acids is 1. The highest BCUT2D eigenvalue weighted by Gasteiger charge is 2.13. The van der Waals surface area contributed by atoms with Gasteiger partial charge in [-0.3, -0.25) is 10.9 Å². The van der Waals surface area contributed by atoms with Crippen LogP contribution < -0.4 is 10.9 Å². The second-order valence-electron chi connectivity index (χ2n) is 5.32. The molecular weight excluding hydrogens is 290 g/mol. The number of methoxy groups -OCH3 is 1. The van der Waals surface area contributed by atoms with Crippen LogP contribution in [0.3, 0.4) is 0 Å². The van der Waals surface area contributed by atoms with Gasteiger partial charge in [-0.15, -0.1) is 0 Å². The summed E-state index contributed by atoms with van der Waals surface area (Å²) in [6, 6.07) is 13.5. The van der Waals surface area contributed by atoms with E-state index in [1.54, 1.807) is 0 Å². The van der Waals surface area contributed by atoms with Crippen molar-refractivity contribution in [2.75, 3.05) is 12.5 Å². The van der Waals surface area contributed by atoms with E-state index >= 15 is 0 Å². The third-order valence-electron chi connectivity index (χ3n) is 3.34. The molecule has 23 heavy (non-hydrogen) atoms. The van der Waals surface area contributed by atoms with Crippen LogP contribution >= 0.6 is 0 Å². The summed E-state index contributed by atoms with van der Waals surface area (Å²) >= 11 is 0. The Bertz CT molecular complexity index is 701. The van der Waals surface area contributed by atoms with Gasteiger partial charge in [0, 0.05) is 0 Å². The lowest BCUT2D eigenvalue weighted by Gasteiger charge is -2.13. The molecule has 2 N–H and O–H groups in total. The molecule has 0 radical (unpaired) electrons. The number of nitrogens with one attached hydrogen (secondary N) is 2. The number of esters is 1. The molecule has 2 aromatic rings. The molecule has 2 aromatic carbocycles. The Kier molecular flexibility index (Phi) is 5.36. The zero-order valence-corrected chi connectivity index (χ0v) is 13.8. The molecule has 0 atom stereocenters. The maximum atomic E-state index is 12.0. The van der Waals surface area contributed by atoms with Crippen molar-refractivity contribution in [1.29, 1.82) is 0 Å². The van der Waals surface area contributed by atoms with Gasteiger partial charge in [-0.1, -0.05) is 35.9 Å². The molecule has 0 unspecified atom stereocenters. The van der Waals surface area contributed by atoms with Crippen molar-refractivity contribution < 1.29 is 9.53 Å².